The van der Waals surface area contributed by atoms with Gasteiger partial charge in [0.15, 0.2) is 0 Å². The van der Waals surface area contributed by atoms with Gasteiger partial charge in [-0.25, -0.2) is 4.79 Å². The van der Waals surface area contributed by atoms with Gasteiger partial charge in [0, 0.05) is 13.1 Å². The molecule has 1 N–H and O–H groups in total. The average Bonchev–Trinajstić information content (AvgIpc) is 2.45. The molecule has 22 heavy (non-hydrogen) atoms. The van der Waals surface area contributed by atoms with Crippen molar-refractivity contribution < 1.29 is 9.53 Å². The Kier molecular flexibility index (Phi) is 7.78. The molecule has 1 aromatic carbocycles. The van der Waals surface area contributed by atoms with Crippen LogP contribution in [-0.2, 0) is 0 Å². The van der Waals surface area contributed by atoms with Gasteiger partial charge in [-0.15, -0.1) is 0 Å². The van der Waals surface area contributed by atoms with Crippen molar-refractivity contribution in [2.24, 2.45) is 0 Å². The molecule has 0 aliphatic heterocycles. The summed E-state index contributed by atoms with van der Waals surface area (Å²) in [6.07, 6.45) is 1.96. The second-order valence-electron chi connectivity index (χ2n) is 5.80. The van der Waals surface area contributed by atoms with Gasteiger partial charge >= 0.3 is 6.03 Å². The molecule has 0 bridgehead atoms. The minimum Gasteiger partial charge on any atom is -0.491 e. The van der Waals surface area contributed by atoms with E-state index in [1.54, 1.807) is 0 Å². The number of aryl methyl sites for hydroxylation is 3. The van der Waals surface area contributed by atoms with Gasteiger partial charge in [-0.3, -0.25) is 0 Å². The molecule has 0 aromatic heterocycles. The summed E-state index contributed by atoms with van der Waals surface area (Å²) < 4.78 is 5.84. The molecule has 0 aliphatic rings. The van der Waals surface area contributed by atoms with Crippen LogP contribution in [0.4, 0.5) is 4.79 Å². The smallest absolute Gasteiger partial charge is 0.317 e. The Labute approximate surface area is 134 Å². The van der Waals surface area contributed by atoms with Gasteiger partial charge in [-0.05, 0) is 44.7 Å². The lowest BCUT2D eigenvalue weighted by Crippen LogP contribution is -2.42. The number of amides is 2. The predicted octanol–water partition coefficient (Wildman–Crippen LogP) is 3.82. The van der Waals surface area contributed by atoms with E-state index in [9.17, 15) is 4.79 Å². The molecular weight excluding hydrogens is 276 g/mol. The lowest BCUT2D eigenvalue weighted by Gasteiger charge is -2.22. The number of nitrogens with one attached hydrogen (secondary N) is 1. The second kappa shape index (κ2) is 9.34. The van der Waals surface area contributed by atoms with Gasteiger partial charge in [0.1, 0.15) is 12.4 Å². The Bertz CT molecular complexity index is 457. The molecule has 1 rings (SSSR count). The molecule has 0 unspecified atom stereocenters. The van der Waals surface area contributed by atoms with Crippen LogP contribution in [0.15, 0.2) is 12.1 Å². The molecule has 0 spiro atoms. The highest BCUT2D eigenvalue weighted by atomic mass is 16.5. The van der Waals surface area contributed by atoms with Crippen LogP contribution >= 0.6 is 0 Å². The lowest BCUT2D eigenvalue weighted by molar-refractivity contribution is 0.194. The standard InChI is InChI=1S/C18H30N2O2/c1-6-9-20(10-7-2)18(21)19-8-11-22-17-15(4)12-14(3)13-16(17)5/h12-13H,6-11H2,1-5H3,(H,19,21). The van der Waals surface area contributed by atoms with Crippen LogP contribution < -0.4 is 10.1 Å². The summed E-state index contributed by atoms with van der Waals surface area (Å²) in [5.41, 5.74) is 3.52. The van der Waals surface area contributed by atoms with Crippen LogP contribution in [0.5, 0.6) is 5.75 Å². The summed E-state index contributed by atoms with van der Waals surface area (Å²) in [7, 11) is 0. The van der Waals surface area contributed by atoms with Crippen LogP contribution in [-0.4, -0.2) is 37.2 Å². The Balaban J connectivity index is 2.43. The molecule has 4 heteroatoms. The Morgan fingerprint density at radius 1 is 1.09 bits per heavy atom. The highest BCUT2D eigenvalue weighted by Gasteiger charge is 2.11. The number of hydrogen-bond donors (Lipinski definition) is 1. The zero-order valence-corrected chi connectivity index (χ0v) is 14.7. The number of benzene rings is 1. The van der Waals surface area contributed by atoms with Crippen molar-refractivity contribution in [3.8, 4) is 5.75 Å². The first-order valence-corrected chi connectivity index (χ1v) is 8.23. The number of hydrogen-bond acceptors (Lipinski definition) is 2. The molecular formula is C18H30N2O2. The van der Waals surface area contributed by atoms with E-state index in [4.69, 9.17) is 4.74 Å². The molecule has 4 nitrogen and oxygen atoms in total. The summed E-state index contributed by atoms with van der Waals surface area (Å²) in [5.74, 6) is 0.929. The number of carbonyl (C=O) groups is 1. The lowest BCUT2D eigenvalue weighted by atomic mass is 10.1. The summed E-state index contributed by atoms with van der Waals surface area (Å²) in [6.45, 7) is 13.0. The maximum atomic E-state index is 12.1. The monoisotopic (exact) mass is 306 g/mol. The van der Waals surface area contributed by atoms with Crippen molar-refractivity contribution in [3.05, 3.63) is 28.8 Å². The maximum Gasteiger partial charge on any atom is 0.317 e. The van der Waals surface area contributed by atoms with Gasteiger partial charge in [0.05, 0.1) is 6.54 Å². The molecule has 0 radical (unpaired) electrons. The molecule has 0 saturated heterocycles. The highest BCUT2D eigenvalue weighted by Crippen LogP contribution is 2.24. The molecule has 0 fully saturated rings. The number of nitrogens with zero attached hydrogens (tertiary/aromatic N) is 1. The third-order valence-electron chi connectivity index (χ3n) is 3.50. The number of rotatable bonds is 8. The quantitative estimate of drug-likeness (QED) is 0.742. The van der Waals surface area contributed by atoms with E-state index in [2.05, 4.69) is 52.1 Å². The molecule has 0 saturated carbocycles. The van der Waals surface area contributed by atoms with Gasteiger partial charge in [-0.2, -0.15) is 0 Å². The van der Waals surface area contributed by atoms with E-state index in [1.807, 2.05) is 4.90 Å². The minimum absolute atomic E-state index is 0.00431. The van der Waals surface area contributed by atoms with E-state index in [0.717, 1.165) is 42.8 Å². The van der Waals surface area contributed by atoms with E-state index < -0.39 is 0 Å². The number of carbonyl (C=O) groups excluding carboxylic acids is 1. The van der Waals surface area contributed by atoms with Crippen molar-refractivity contribution in [2.75, 3.05) is 26.2 Å². The third-order valence-corrected chi connectivity index (χ3v) is 3.50. The van der Waals surface area contributed by atoms with Crippen molar-refractivity contribution in [1.29, 1.82) is 0 Å². The Morgan fingerprint density at radius 2 is 1.64 bits per heavy atom. The highest BCUT2D eigenvalue weighted by molar-refractivity contribution is 5.74. The van der Waals surface area contributed by atoms with E-state index >= 15 is 0 Å². The topological polar surface area (TPSA) is 41.6 Å². The summed E-state index contributed by atoms with van der Waals surface area (Å²) in [4.78, 5) is 13.9. The largest absolute Gasteiger partial charge is 0.491 e. The fraction of sp³-hybridized carbons (Fsp3) is 0.611. The van der Waals surface area contributed by atoms with Crippen LogP contribution in [0.2, 0.25) is 0 Å². The fourth-order valence-electron chi connectivity index (χ4n) is 2.67. The fourth-order valence-corrected chi connectivity index (χ4v) is 2.67. The van der Waals surface area contributed by atoms with Gasteiger partial charge in [0.2, 0.25) is 0 Å². The molecule has 0 aliphatic carbocycles. The molecule has 2 amide bonds. The van der Waals surface area contributed by atoms with Crippen LogP contribution in [0.25, 0.3) is 0 Å². The van der Waals surface area contributed by atoms with Crippen molar-refractivity contribution >= 4 is 6.03 Å². The van der Waals surface area contributed by atoms with E-state index in [-0.39, 0.29) is 6.03 Å². The van der Waals surface area contributed by atoms with E-state index in [1.165, 1.54) is 5.56 Å². The Morgan fingerprint density at radius 3 is 2.14 bits per heavy atom. The molecule has 1 aromatic rings. The van der Waals surface area contributed by atoms with Crippen LogP contribution in [0.3, 0.4) is 0 Å². The Hall–Kier alpha value is -1.71. The van der Waals surface area contributed by atoms with Crippen molar-refractivity contribution in [1.82, 2.24) is 10.2 Å². The summed E-state index contributed by atoms with van der Waals surface area (Å²) >= 11 is 0. The number of urea groups is 1. The normalized spacial score (nSPS) is 10.4. The first-order chi connectivity index (χ1) is 10.5. The van der Waals surface area contributed by atoms with Crippen molar-refractivity contribution in [3.63, 3.8) is 0 Å². The number of ether oxygens (including phenoxy) is 1. The zero-order chi connectivity index (χ0) is 16.5. The van der Waals surface area contributed by atoms with Gasteiger partial charge in [-0.1, -0.05) is 31.5 Å². The predicted molar refractivity (Wildman–Crippen MR) is 91.7 cm³/mol. The zero-order valence-electron chi connectivity index (χ0n) is 14.7. The van der Waals surface area contributed by atoms with Gasteiger partial charge in [0.25, 0.3) is 0 Å². The van der Waals surface area contributed by atoms with E-state index in [0.29, 0.717) is 13.2 Å². The minimum atomic E-state index is 0.00431. The van der Waals surface area contributed by atoms with Gasteiger partial charge < -0.3 is 15.0 Å². The first-order valence-electron chi connectivity index (χ1n) is 8.23. The second-order valence-corrected chi connectivity index (χ2v) is 5.80. The molecule has 0 heterocycles. The summed E-state index contributed by atoms with van der Waals surface area (Å²) in [5, 5.41) is 2.93. The average molecular weight is 306 g/mol. The summed E-state index contributed by atoms with van der Waals surface area (Å²) in [6, 6.07) is 4.24. The maximum absolute atomic E-state index is 12.1. The SMILES string of the molecule is CCCN(CCC)C(=O)NCCOc1c(C)cc(C)cc1C. The molecule has 124 valence electrons. The first kappa shape index (κ1) is 18.3. The van der Waals surface area contributed by atoms with Crippen molar-refractivity contribution in [2.45, 2.75) is 47.5 Å². The van der Waals surface area contributed by atoms with Crippen LogP contribution in [0.1, 0.15) is 43.4 Å². The van der Waals surface area contributed by atoms with Crippen LogP contribution in [0, 0.1) is 20.8 Å². The third kappa shape index (κ3) is 5.58. The molecule has 0 atom stereocenters.